The van der Waals surface area contributed by atoms with Crippen LogP contribution < -0.4 is 5.32 Å². The number of hydrogen-bond donors (Lipinski definition) is 1. The van der Waals surface area contributed by atoms with E-state index in [4.69, 9.17) is 0 Å². The standard InChI is InChI=1S/C11H20N2OS.ClH/c1-2-10-8-13(5-6-15-10)11(14)9-3-4-12-7-9;/h9-10,12H,2-8H2,1H3;1H/t9-,10?;/m0./s1. The van der Waals surface area contributed by atoms with Crippen LogP contribution in [0.2, 0.25) is 0 Å². The summed E-state index contributed by atoms with van der Waals surface area (Å²) in [5, 5.41) is 3.93. The minimum Gasteiger partial charge on any atom is -0.340 e. The molecular weight excluding hydrogens is 244 g/mol. The average Bonchev–Trinajstić information content (AvgIpc) is 2.81. The molecule has 2 atom stereocenters. The van der Waals surface area contributed by atoms with E-state index in [1.807, 2.05) is 11.8 Å². The zero-order valence-electron chi connectivity index (χ0n) is 9.78. The summed E-state index contributed by atoms with van der Waals surface area (Å²) >= 11 is 2.02. The lowest BCUT2D eigenvalue weighted by Crippen LogP contribution is -2.45. The van der Waals surface area contributed by atoms with Crippen molar-refractivity contribution in [3.05, 3.63) is 0 Å². The van der Waals surface area contributed by atoms with Crippen LogP contribution in [0, 0.1) is 5.92 Å². The fourth-order valence-corrected chi connectivity index (χ4v) is 3.47. The number of hydrogen-bond acceptors (Lipinski definition) is 3. The summed E-state index contributed by atoms with van der Waals surface area (Å²) in [6.45, 7) is 6.03. The lowest BCUT2D eigenvalue weighted by molar-refractivity contribution is -0.134. The minimum absolute atomic E-state index is 0. The molecule has 3 nitrogen and oxygen atoms in total. The van der Waals surface area contributed by atoms with Gasteiger partial charge >= 0.3 is 0 Å². The second-order valence-corrected chi connectivity index (χ2v) is 5.78. The highest BCUT2D eigenvalue weighted by atomic mass is 35.5. The molecule has 0 aliphatic carbocycles. The maximum absolute atomic E-state index is 12.1. The number of carbonyl (C=O) groups excluding carboxylic acids is 1. The number of carbonyl (C=O) groups is 1. The molecular formula is C11H21ClN2OS. The van der Waals surface area contributed by atoms with Crippen molar-refractivity contribution in [2.75, 3.05) is 31.9 Å². The van der Waals surface area contributed by atoms with Crippen LogP contribution in [0.3, 0.4) is 0 Å². The average molecular weight is 265 g/mol. The van der Waals surface area contributed by atoms with E-state index >= 15 is 0 Å². The molecule has 1 amide bonds. The number of rotatable bonds is 2. The Morgan fingerprint density at radius 2 is 2.38 bits per heavy atom. The van der Waals surface area contributed by atoms with Gasteiger partial charge in [-0.2, -0.15) is 11.8 Å². The van der Waals surface area contributed by atoms with E-state index in [1.165, 1.54) is 6.42 Å². The van der Waals surface area contributed by atoms with Crippen LogP contribution in [0.4, 0.5) is 0 Å². The minimum atomic E-state index is 0. The van der Waals surface area contributed by atoms with Crippen LogP contribution in [0.5, 0.6) is 0 Å². The molecule has 2 rings (SSSR count). The molecule has 0 aromatic rings. The summed E-state index contributed by atoms with van der Waals surface area (Å²) in [5.74, 6) is 1.76. The van der Waals surface area contributed by atoms with Crippen LogP contribution in [-0.4, -0.2) is 48.0 Å². The fraction of sp³-hybridized carbons (Fsp3) is 0.909. The number of halogens is 1. The topological polar surface area (TPSA) is 32.3 Å². The monoisotopic (exact) mass is 264 g/mol. The second-order valence-electron chi connectivity index (χ2n) is 4.38. The fourth-order valence-electron chi connectivity index (χ4n) is 2.29. The van der Waals surface area contributed by atoms with Crippen molar-refractivity contribution in [3.8, 4) is 0 Å². The van der Waals surface area contributed by atoms with Crippen molar-refractivity contribution in [3.63, 3.8) is 0 Å². The van der Waals surface area contributed by atoms with E-state index in [-0.39, 0.29) is 18.3 Å². The normalized spacial score (nSPS) is 29.9. The largest absolute Gasteiger partial charge is 0.340 e. The molecule has 2 aliphatic rings. The molecule has 0 aromatic carbocycles. The van der Waals surface area contributed by atoms with Gasteiger partial charge in [-0.3, -0.25) is 4.79 Å². The first-order valence-corrected chi connectivity index (χ1v) is 6.97. The van der Waals surface area contributed by atoms with Crippen molar-refractivity contribution < 1.29 is 4.79 Å². The molecule has 16 heavy (non-hydrogen) atoms. The first-order valence-electron chi connectivity index (χ1n) is 5.92. The van der Waals surface area contributed by atoms with Gasteiger partial charge < -0.3 is 10.2 Å². The van der Waals surface area contributed by atoms with Gasteiger partial charge in [0, 0.05) is 30.6 Å². The number of amides is 1. The molecule has 0 bridgehead atoms. The van der Waals surface area contributed by atoms with E-state index in [9.17, 15) is 4.79 Å². The van der Waals surface area contributed by atoms with Gasteiger partial charge in [0.1, 0.15) is 0 Å². The van der Waals surface area contributed by atoms with Gasteiger partial charge in [0.05, 0.1) is 5.92 Å². The number of thioether (sulfide) groups is 1. The quantitative estimate of drug-likeness (QED) is 0.818. The predicted molar refractivity (Wildman–Crippen MR) is 71.3 cm³/mol. The van der Waals surface area contributed by atoms with Crippen LogP contribution in [0.25, 0.3) is 0 Å². The molecule has 2 fully saturated rings. The molecule has 94 valence electrons. The molecule has 2 saturated heterocycles. The lowest BCUT2D eigenvalue weighted by Gasteiger charge is -2.33. The zero-order chi connectivity index (χ0) is 10.7. The smallest absolute Gasteiger partial charge is 0.227 e. The van der Waals surface area contributed by atoms with Crippen LogP contribution in [-0.2, 0) is 4.79 Å². The van der Waals surface area contributed by atoms with Gasteiger partial charge in [0.15, 0.2) is 0 Å². The molecule has 5 heteroatoms. The molecule has 0 aromatic heterocycles. The highest BCUT2D eigenvalue weighted by Crippen LogP contribution is 2.23. The summed E-state index contributed by atoms with van der Waals surface area (Å²) in [6.07, 6.45) is 2.20. The highest BCUT2D eigenvalue weighted by Gasteiger charge is 2.30. The van der Waals surface area contributed by atoms with Gasteiger partial charge in [-0.1, -0.05) is 6.92 Å². The summed E-state index contributed by atoms with van der Waals surface area (Å²) in [5.41, 5.74) is 0. The molecule has 0 saturated carbocycles. The third-order valence-electron chi connectivity index (χ3n) is 3.32. The summed E-state index contributed by atoms with van der Waals surface area (Å²) in [4.78, 5) is 14.2. The van der Waals surface area contributed by atoms with Gasteiger partial charge in [0.2, 0.25) is 5.91 Å². The Bertz CT molecular complexity index is 234. The van der Waals surface area contributed by atoms with E-state index in [0.717, 1.165) is 38.4 Å². The predicted octanol–water partition coefficient (Wildman–Crippen LogP) is 1.37. The van der Waals surface area contributed by atoms with E-state index in [0.29, 0.717) is 11.2 Å². The zero-order valence-corrected chi connectivity index (χ0v) is 11.4. The van der Waals surface area contributed by atoms with Crippen molar-refractivity contribution in [2.45, 2.75) is 25.0 Å². The third kappa shape index (κ3) is 3.28. The van der Waals surface area contributed by atoms with E-state index in [1.54, 1.807) is 0 Å². The SMILES string of the molecule is CCC1CN(C(=O)[C@H]2CCNC2)CCS1.Cl. The number of nitrogens with zero attached hydrogens (tertiary/aromatic N) is 1. The van der Waals surface area contributed by atoms with Crippen LogP contribution in [0.1, 0.15) is 19.8 Å². The van der Waals surface area contributed by atoms with Gasteiger partial charge in [-0.15, -0.1) is 12.4 Å². The Balaban J connectivity index is 0.00000128. The van der Waals surface area contributed by atoms with E-state index in [2.05, 4.69) is 17.1 Å². The Kier molecular flexibility index (Phi) is 5.94. The maximum Gasteiger partial charge on any atom is 0.227 e. The summed E-state index contributed by atoms with van der Waals surface area (Å²) < 4.78 is 0. The lowest BCUT2D eigenvalue weighted by atomic mass is 10.1. The van der Waals surface area contributed by atoms with Gasteiger partial charge in [-0.05, 0) is 19.4 Å². The van der Waals surface area contributed by atoms with Crippen molar-refractivity contribution in [1.29, 1.82) is 0 Å². The Hall–Kier alpha value is 0.0700. The van der Waals surface area contributed by atoms with Crippen molar-refractivity contribution in [1.82, 2.24) is 10.2 Å². The van der Waals surface area contributed by atoms with E-state index < -0.39 is 0 Å². The first-order chi connectivity index (χ1) is 7.31. The molecule has 2 heterocycles. The first kappa shape index (κ1) is 14.1. The molecule has 1 unspecified atom stereocenters. The van der Waals surface area contributed by atoms with Gasteiger partial charge in [0.25, 0.3) is 0 Å². The Morgan fingerprint density at radius 3 is 3.00 bits per heavy atom. The van der Waals surface area contributed by atoms with Crippen LogP contribution in [0.15, 0.2) is 0 Å². The summed E-state index contributed by atoms with van der Waals surface area (Å²) in [7, 11) is 0. The molecule has 0 radical (unpaired) electrons. The Labute approximate surface area is 108 Å². The van der Waals surface area contributed by atoms with Crippen LogP contribution >= 0.6 is 24.2 Å². The molecule has 0 spiro atoms. The third-order valence-corrected chi connectivity index (χ3v) is 4.69. The highest BCUT2D eigenvalue weighted by molar-refractivity contribution is 8.00. The van der Waals surface area contributed by atoms with Crippen molar-refractivity contribution in [2.24, 2.45) is 5.92 Å². The second kappa shape index (κ2) is 6.72. The maximum atomic E-state index is 12.1. The summed E-state index contributed by atoms with van der Waals surface area (Å²) in [6, 6.07) is 0. The molecule has 2 aliphatic heterocycles. The number of nitrogens with one attached hydrogen (secondary N) is 1. The van der Waals surface area contributed by atoms with Crippen molar-refractivity contribution >= 4 is 30.1 Å². The Morgan fingerprint density at radius 1 is 1.56 bits per heavy atom. The molecule has 1 N–H and O–H groups in total. The van der Waals surface area contributed by atoms with Gasteiger partial charge in [-0.25, -0.2) is 0 Å².